The number of nitrogens with zero attached hydrogens (tertiary/aromatic N) is 1. The van der Waals surface area contributed by atoms with Crippen LogP contribution >= 0.6 is 0 Å². The van der Waals surface area contributed by atoms with E-state index in [-0.39, 0.29) is 11.8 Å². The van der Waals surface area contributed by atoms with Crippen LogP contribution < -0.4 is 4.74 Å². The molecule has 0 unspecified atom stereocenters. The van der Waals surface area contributed by atoms with Crippen LogP contribution in [0.1, 0.15) is 18.4 Å². The van der Waals surface area contributed by atoms with Gasteiger partial charge in [0.25, 0.3) is 0 Å². The molecule has 0 aromatic heterocycles. The lowest BCUT2D eigenvalue weighted by molar-refractivity contribution is 0.0761. The number of ether oxygens (including phenoxy) is 2. The zero-order valence-electron chi connectivity index (χ0n) is 14.1. The summed E-state index contributed by atoms with van der Waals surface area (Å²) in [4.78, 5) is 13.9. The van der Waals surface area contributed by atoms with Gasteiger partial charge in [-0.1, -0.05) is 30.3 Å². The van der Waals surface area contributed by atoms with Crippen molar-refractivity contribution in [1.82, 2.24) is 4.90 Å². The Kier molecular flexibility index (Phi) is 5.77. The Bertz CT molecular complexity index is 664. The number of carbonyl (C=O) groups excluding carboxylic acids is 1. The first kappa shape index (κ1) is 17.1. The summed E-state index contributed by atoms with van der Waals surface area (Å²) in [5.74, 6) is 1.41. The van der Waals surface area contributed by atoms with E-state index in [1.165, 1.54) is 0 Å². The van der Waals surface area contributed by atoms with E-state index < -0.39 is 0 Å². The molecule has 5 heteroatoms. The van der Waals surface area contributed by atoms with Crippen molar-refractivity contribution in [1.29, 1.82) is 0 Å². The Morgan fingerprint density at radius 2 is 1.72 bits per heavy atom. The molecule has 2 aromatic rings. The third-order valence-electron chi connectivity index (χ3n) is 4.40. The van der Waals surface area contributed by atoms with Gasteiger partial charge in [-0.15, -0.1) is 0 Å². The molecule has 1 amide bonds. The van der Waals surface area contributed by atoms with Gasteiger partial charge in [0.1, 0.15) is 18.1 Å². The van der Waals surface area contributed by atoms with Crippen molar-refractivity contribution < 1.29 is 19.4 Å². The smallest absolute Gasteiger partial charge is 0.410 e. The number of amides is 1. The largest absolute Gasteiger partial charge is 0.508 e. The molecular formula is C20H23NO4. The molecule has 1 heterocycles. The lowest BCUT2D eigenvalue weighted by Crippen LogP contribution is -2.39. The molecule has 0 aliphatic carbocycles. The van der Waals surface area contributed by atoms with Crippen LogP contribution in [0.15, 0.2) is 54.6 Å². The lowest BCUT2D eigenvalue weighted by atomic mass is 9.98. The van der Waals surface area contributed by atoms with E-state index in [0.29, 0.717) is 32.2 Å². The molecule has 3 rings (SSSR count). The molecule has 5 nitrogen and oxygen atoms in total. The predicted molar refractivity (Wildman–Crippen MR) is 94.5 cm³/mol. The highest BCUT2D eigenvalue weighted by molar-refractivity contribution is 5.67. The van der Waals surface area contributed by atoms with E-state index in [4.69, 9.17) is 9.47 Å². The van der Waals surface area contributed by atoms with Gasteiger partial charge in [0.2, 0.25) is 0 Å². The van der Waals surface area contributed by atoms with Gasteiger partial charge >= 0.3 is 6.09 Å². The molecule has 1 saturated heterocycles. The summed E-state index contributed by atoms with van der Waals surface area (Å²) in [6, 6.07) is 16.4. The number of likely N-dealkylation sites (tertiary alicyclic amines) is 1. The van der Waals surface area contributed by atoms with Gasteiger partial charge in [0.15, 0.2) is 0 Å². The average Bonchev–Trinajstić information content (AvgIpc) is 2.67. The van der Waals surface area contributed by atoms with Crippen molar-refractivity contribution in [2.24, 2.45) is 5.92 Å². The second kappa shape index (κ2) is 8.42. The standard InChI is InChI=1S/C20H23NO4/c22-18-6-8-19(9-7-18)24-14-17-10-12-21(13-11-17)20(23)25-15-16-4-2-1-3-5-16/h1-9,17,22H,10-15H2. The predicted octanol–water partition coefficient (Wildman–Crippen LogP) is 3.82. The van der Waals surface area contributed by atoms with Crippen LogP contribution in [0.25, 0.3) is 0 Å². The maximum absolute atomic E-state index is 12.1. The van der Waals surface area contributed by atoms with Crippen LogP contribution in [-0.2, 0) is 11.3 Å². The Hall–Kier alpha value is -2.69. The van der Waals surface area contributed by atoms with Gasteiger partial charge in [-0.2, -0.15) is 0 Å². The van der Waals surface area contributed by atoms with E-state index in [9.17, 15) is 9.90 Å². The van der Waals surface area contributed by atoms with Gasteiger partial charge in [-0.25, -0.2) is 4.79 Å². The number of phenolic OH excluding ortho intramolecular Hbond substituents is 1. The summed E-state index contributed by atoms with van der Waals surface area (Å²) in [7, 11) is 0. The Balaban J connectivity index is 1.37. The molecule has 132 valence electrons. The molecular weight excluding hydrogens is 318 g/mol. The van der Waals surface area contributed by atoms with Crippen LogP contribution in [-0.4, -0.2) is 35.8 Å². The van der Waals surface area contributed by atoms with Crippen molar-refractivity contribution in [3.8, 4) is 11.5 Å². The summed E-state index contributed by atoms with van der Waals surface area (Å²) in [5, 5.41) is 9.27. The quantitative estimate of drug-likeness (QED) is 0.898. The molecule has 0 bridgehead atoms. The topological polar surface area (TPSA) is 59.0 Å². The molecule has 2 aromatic carbocycles. The second-order valence-corrected chi connectivity index (χ2v) is 6.28. The van der Waals surface area contributed by atoms with Gasteiger partial charge < -0.3 is 19.5 Å². The van der Waals surface area contributed by atoms with Crippen LogP contribution in [0.5, 0.6) is 11.5 Å². The van der Waals surface area contributed by atoms with Gasteiger partial charge in [-0.05, 0) is 48.6 Å². The maximum atomic E-state index is 12.1. The zero-order chi connectivity index (χ0) is 17.5. The number of phenols is 1. The average molecular weight is 341 g/mol. The third-order valence-corrected chi connectivity index (χ3v) is 4.40. The highest BCUT2D eigenvalue weighted by atomic mass is 16.6. The summed E-state index contributed by atoms with van der Waals surface area (Å²) in [5.41, 5.74) is 0.994. The summed E-state index contributed by atoms with van der Waals surface area (Å²) < 4.78 is 11.1. The molecule has 0 radical (unpaired) electrons. The number of rotatable bonds is 5. The molecule has 1 N–H and O–H groups in total. The van der Waals surface area contributed by atoms with Crippen LogP contribution in [0, 0.1) is 5.92 Å². The monoisotopic (exact) mass is 341 g/mol. The Labute approximate surface area is 147 Å². The minimum Gasteiger partial charge on any atom is -0.508 e. The first-order valence-corrected chi connectivity index (χ1v) is 8.58. The van der Waals surface area contributed by atoms with Gasteiger partial charge in [-0.3, -0.25) is 0 Å². The SMILES string of the molecule is O=C(OCc1ccccc1)N1CCC(COc2ccc(O)cc2)CC1. The first-order valence-electron chi connectivity index (χ1n) is 8.58. The van der Waals surface area contributed by atoms with Crippen LogP contribution in [0.3, 0.4) is 0 Å². The number of benzene rings is 2. The van der Waals surface area contributed by atoms with E-state index >= 15 is 0 Å². The molecule has 1 fully saturated rings. The summed E-state index contributed by atoms with van der Waals surface area (Å²) in [6.45, 7) is 2.32. The Morgan fingerprint density at radius 3 is 2.40 bits per heavy atom. The van der Waals surface area contributed by atoms with Crippen LogP contribution in [0.2, 0.25) is 0 Å². The fourth-order valence-corrected chi connectivity index (χ4v) is 2.85. The van der Waals surface area contributed by atoms with Gasteiger partial charge in [0, 0.05) is 13.1 Å². The van der Waals surface area contributed by atoms with E-state index in [2.05, 4.69) is 0 Å². The number of piperidine rings is 1. The van der Waals surface area contributed by atoms with Crippen molar-refractivity contribution in [3.63, 3.8) is 0 Å². The lowest BCUT2D eigenvalue weighted by Gasteiger charge is -2.31. The van der Waals surface area contributed by atoms with Crippen LogP contribution in [0.4, 0.5) is 4.79 Å². The van der Waals surface area contributed by atoms with Crippen molar-refractivity contribution in [2.75, 3.05) is 19.7 Å². The summed E-state index contributed by atoms with van der Waals surface area (Å²) >= 11 is 0. The van der Waals surface area contributed by atoms with E-state index in [1.807, 2.05) is 30.3 Å². The van der Waals surface area contributed by atoms with Crippen molar-refractivity contribution in [3.05, 3.63) is 60.2 Å². The Morgan fingerprint density at radius 1 is 1.04 bits per heavy atom. The molecule has 25 heavy (non-hydrogen) atoms. The first-order chi connectivity index (χ1) is 12.2. The molecule has 0 atom stereocenters. The van der Waals surface area contributed by atoms with E-state index in [0.717, 1.165) is 24.2 Å². The van der Waals surface area contributed by atoms with E-state index in [1.54, 1.807) is 29.2 Å². The fraction of sp³-hybridized carbons (Fsp3) is 0.350. The van der Waals surface area contributed by atoms with Crippen molar-refractivity contribution in [2.45, 2.75) is 19.4 Å². The third kappa shape index (κ3) is 5.14. The second-order valence-electron chi connectivity index (χ2n) is 6.28. The maximum Gasteiger partial charge on any atom is 0.410 e. The highest BCUT2D eigenvalue weighted by Gasteiger charge is 2.24. The minimum atomic E-state index is -0.248. The number of aromatic hydroxyl groups is 1. The molecule has 0 spiro atoms. The normalized spacial score (nSPS) is 15.0. The highest BCUT2D eigenvalue weighted by Crippen LogP contribution is 2.21. The molecule has 0 saturated carbocycles. The molecule has 1 aliphatic rings. The fourth-order valence-electron chi connectivity index (χ4n) is 2.85. The number of hydrogen-bond donors (Lipinski definition) is 1. The van der Waals surface area contributed by atoms with Gasteiger partial charge in [0.05, 0.1) is 6.61 Å². The number of hydrogen-bond acceptors (Lipinski definition) is 4. The molecule has 1 aliphatic heterocycles. The minimum absolute atomic E-state index is 0.231. The number of carbonyl (C=O) groups is 1. The summed E-state index contributed by atoms with van der Waals surface area (Å²) in [6.07, 6.45) is 1.55. The van der Waals surface area contributed by atoms with Crippen molar-refractivity contribution >= 4 is 6.09 Å². The zero-order valence-corrected chi connectivity index (χ0v) is 14.1.